The zero-order chi connectivity index (χ0) is 13.0. The van der Waals surface area contributed by atoms with Gasteiger partial charge < -0.3 is 5.32 Å². The molecule has 0 aliphatic carbocycles. The number of nitrogens with zero attached hydrogens (tertiary/aromatic N) is 2. The summed E-state index contributed by atoms with van der Waals surface area (Å²) in [7, 11) is 0. The first kappa shape index (κ1) is 13.3. The molecule has 0 aliphatic heterocycles. The minimum Gasteiger partial charge on any atom is -0.305 e. The Morgan fingerprint density at radius 1 is 1.28 bits per heavy atom. The lowest BCUT2D eigenvalue weighted by Crippen LogP contribution is -2.20. The highest BCUT2D eigenvalue weighted by Gasteiger charge is 2.06. The quantitative estimate of drug-likeness (QED) is 0.916. The van der Waals surface area contributed by atoms with E-state index in [0.29, 0.717) is 6.04 Å². The van der Waals surface area contributed by atoms with Gasteiger partial charge in [0.1, 0.15) is 0 Å². The van der Waals surface area contributed by atoms with Gasteiger partial charge in [-0.3, -0.25) is 4.68 Å². The first-order valence-corrected chi connectivity index (χ1v) is 6.99. The minimum absolute atomic E-state index is 0.332. The van der Waals surface area contributed by atoms with Crippen LogP contribution < -0.4 is 5.32 Å². The number of aryl methyl sites for hydroxylation is 1. The lowest BCUT2D eigenvalue weighted by Gasteiger charge is -2.14. The van der Waals surface area contributed by atoms with Crippen LogP contribution in [0.1, 0.15) is 31.1 Å². The Balaban J connectivity index is 1.96. The maximum absolute atomic E-state index is 4.27. The van der Waals surface area contributed by atoms with Crippen LogP contribution in [0.25, 0.3) is 0 Å². The van der Waals surface area contributed by atoms with Crippen LogP contribution in [-0.2, 0) is 13.1 Å². The van der Waals surface area contributed by atoms with Gasteiger partial charge in [-0.15, -0.1) is 0 Å². The van der Waals surface area contributed by atoms with Crippen molar-refractivity contribution in [3.05, 3.63) is 52.3 Å². The fraction of sp³-hybridized carbons (Fsp3) is 0.357. The molecule has 18 heavy (non-hydrogen) atoms. The average molecular weight is 308 g/mol. The van der Waals surface area contributed by atoms with Crippen LogP contribution in [0.5, 0.6) is 0 Å². The summed E-state index contributed by atoms with van der Waals surface area (Å²) in [4.78, 5) is 0. The van der Waals surface area contributed by atoms with Crippen molar-refractivity contribution in [2.75, 3.05) is 0 Å². The molecule has 4 heteroatoms. The Hall–Kier alpha value is -1.13. The molecule has 0 saturated heterocycles. The third-order valence-corrected chi connectivity index (χ3v) is 3.59. The topological polar surface area (TPSA) is 29.9 Å². The molecule has 0 radical (unpaired) electrons. The highest BCUT2D eigenvalue weighted by Crippen LogP contribution is 2.16. The highest BCUT2D eigenvalue weighted by molar-refractivity contribution is 9.10. The Kier molecular flexibility index (Phi) is 4.55. The van der Waals surface area contributed by atoms with Crippen LogP contribution in [0.4, 0.5) is 0 Å². The summed E-state index contributed by atoms with van der Waals surface area (Å²) in [5, 5.41) is 7.79. The van der Waals surface area contributed by atoms with Crippen LogP contribution >= 0.6 is 15.9 Å². The number of benzene rings is 1. The lowest BCUT2D eigenvalue weighted by atomic mass is 10.1. The smallest absolute Gasteiger partial charge is 0.0522 e. The van der Waals surface area contributed by atoms with Crippen molar-refractivity contribution >= 4 is 15.9 Å². The molecule has 1 N–H and O–H groups in total. The van der Waals surface area contributed by atoms with Gasteiger partial charge in [-0.2, -0.15) is 5.10 Å². The summed E-state index contributed by atoms with van der Waals surface area (Å²) in [5.74, 6) is 0. The molecule has 1 aromatic carbocycles. The van der Waals surface area contributed by atoms with Gasteiger partial charge in [0, 0.05) is 29.8 Å². The maximum atomic E-state index is 4.27. The third-order valence-electron chi connectivity index (χ3n) is 3.06. The summed E-state index contributed by atoms with van der Waals surface area (Å²) >= 11 is 3.45. The standard InChI is InChI=1S/C14H18BrN3/c1-3-18-14(8-9-17-18)10-16-11(2)12-4-6-13(15)7-5-12/h4-9,11,16H,3,10H2,1-2H3/t11-/m0/s1. The van der Waals surface area contributed by atoms with Gasteiger partial charge in [0.25, 0.3) is 0 Å². The van der Waals surface area contributed by atoms with Crippen LogP contribution in [0.2, 0.25) is 0 Å². The van der Waals surface area contributed by atoms with Crippen LogP contribution in [0.3, 0.4) is 0 Å². The van der Waals surface area contributed by atoms with Crippen molar-refractivity contribution in [2.24, 2.45) is 0 Å². The molecule has 0 spiro atoms. The molecule has 0 aliphatic rings. The number of hydrogen-bond donors (Lipinski definition) is 1. The lowest BCUT2D eigenvalue weighted by molar-refractivity contribution is 0.531. The number of hydrogen-bond acceptors (Lipinski definition) is 2. The average Bonchev–Trinajstić information content (AvgIpc) is 2.84. The highest BCUT2D eigenvalue weighted by atomic mass is 79.9. The van der Waals surface area contributed by atoms with E-state index in [0.717, 1.165) is 17.6 Å². The Labute approximate surface area is 116 Å². The van der Waals surface area contributed by atoms with Crippen molar-refractivity contribution in [2.45, 2.75) is 33.0 Å². The molecule has 1 heterocycles. The van der Waals surface area contributed by atoms with E-state index in [1.165, 1.54) is 11.3 Å². The normalized spacial score (nSPS) is 12.6. The van der Waals surface area contributed by atoms with Gasteiger partial charge >= 0.3 is 0 Å². The van der Waals surface area contributed by atoms with Crippen LogP contribution in [0, 0.1) is 0 Å². The van der Waals surface area contributed by atoms with E-state index in [1.807, 2.05) is 10.9 Å². The summed E-state index contributed by atoms with van der Waals surface area (Å²) in [5.41, 5.74) is 2.52. The molecule has 96 valence electrons. The number of halogens is 1. The van der Waals surface area contributed by atoms with Gasteiger partial charge in [-0.25, -0.2) is 0 Å². The molecule has 1 atom stereocenters. The molecular formula is C14H18BrN3. The van der Waals surface area contributed by atoms with Crippen molar-refractivity contribution in [3.63, 3.8) is 0 Å². The second kappa shape index (κ2) is 6.16. The Bertz CT molecular complexity index is 490. The number of aromatic nitrogens is 2. The zero-order valence-electron chi connectivity index (χ0n) is 10.7. The molecule has 2 rings (SSSR count). The van der Waals surface area contributed by atoms with Crippen molar-refractivity contribution in [1.29, 1.82) is 0 Å². The van der Waals surface area contributed by atoms with Gasteiger partial charge in [0.15, 0.2) is 0 Å². The summed E-state index contributed by atoms with van der Waals surface area (Å²) in [6.07, 6.45) is 1.85. The molecular weight excluding hydrogens is 290 g/mol. The first-order valence-electron chi connectivity index (χ1n) is 6.20. The van der Waals surface area contributed by atoms with Crippen molar-refractivity contribution in [1.82, 2.24) is 15.1 Å². The molecule has 0 saturated carbocycles. The van der Waals surface area contributed by atoms with Crippen LogP contribution in [-0.4, -0.2) is 9.78 Å². The molecule has 0 amide bonds. The Morgan fingerprint density at radius 3 is 2.67 bits per heavy atom. The molecule has 0 unspecified atom stereocenters. The molecule has 3 nitrogen and oxygen atoms in total. The van der Waals surface area contributed by atoms with E-state index in [4.69, 9.17) is 0 Å². The van der Waals surface area contributed by atoms with E-state index < -0.39 is 0 Å². The minimum atomic E-state index is 0.332. The summed E-state index contributed by atoms with van der Waals surface area (Å²) in [6.45, 7) is 6.03. The first-order chi connectivity index (χ1) is 8.70. The number of rotatable bonds is 5. The monoisotopic (exact) mass is 307 g/mol. The summed E-state index contributed by atoms with van der Waals surface area (Å²) in [6, 6.07) is 10.8. The van der Waals surface area contributed by atoms with Crippen LogP contribution in [0.15, 0.2) is 41.0 Å². The SMILES string of the molecule is CCn1nccc1CN[C@@H](C)c1ccc(Br)cc1. The number of nitrogens with one attached hydrogen (secondary N) is 1. The van der Waals surface area contributed by atoms with E-state index >= 15 is 0 Å². The maximum Gasteiger partial charge on any atom is 0.0522 e. The predicted octanol–water partition coefficient (Wildman–Crippen LogP) is 3.52. The van der Waals surface area contributed by atoms with Gasteiger partial charge in [-0.1, -0.05) is 28.1 Å². The van der Waals surface area contributed by atoms with E-state index in [1.54, 1.807) is 0 Å². The largest absolute Gasteiger partial charge is 0.305 e. The molecule has 0 bridgehead atoms. The van der Waals surface area contributed by atoms with Gasteiger partial charge in [0.05, 0.1) is 5.69 Å². The third kappa shape index (κ3) is 3.21. The predicted molar refractivity (Wildman–Crippen MR) is 77.3 cm³/mol. The van der Waals surface area contributed by atoms with E-state index in [9.17, 15) is 0 Å². The van der Waals surface area contributed by atoms with Gasteiger partial charge in [-0.05, 0) is 37.6 Å². The molecule has 1 aromatic heterocycles. The fourth-order valence-corrected chi connectivity index (χ4v) is 2.19. The summed E-state index contributed by atoms with van der Waals surface area (Å²) < 4.78 is 3.13. The zero-order valence-corrected chi connectivity index (χ0v) is 12.3. The van der Waals surface area contributed by atoms with E-state index in [-0.39, 0.29) is 0 Å². The second-order valence-corrected chi connectivity index (χ2v) is 5.21. The van der Waals surface area contributed by atoms with Crippen molar-refractivity contribution in [3.8, 4) is 0 Å². The van der Waals surface area contributed by atoms with Gasteiger partial charge in [0.2, 0.25) is 0 Å². The van der Waals surface area contributed by atoms with Crippen molar-refractivity contribution < 1.29 is 0 Å². The second-order valence-electron chi connectivity index (χ2n) is 4.29. The molecule has 0 fully saturated rings. The Morgan fingerprint density at radius 2 is 2.00 bits per heavy atom. The fourth-order valence-electron chi connectivity index (χ4n) is 1.92. The molecule has 2 aromatic rings. The van der Waals surface area contributed by atoms with E-state index in [2.05, 4.69) is 70.5 Å².